The van der Waals surface area contributed by atoms with Gasteiger partial charge in [0.1, 0.15) is 17.4 Å². The Morgan fingerprint density at radius 2 is 2.32 bits per heavy atom. The van der Waals surface area contributed by atoms with Crippen LogP contribution in [0.1, 0.15) is 29.7 Å². The first-order valence-electron chi connectivity index (χ1n) is 7.70. The predicted octanol–water partition coefficient (Wildman–Crippen LogP) is 1.05. The minimum Gasteiger partial charge on any atom is -0.484 e. The summed E-state index contributed by atoms with van der Waals surface area (Å²) in [5.41, 5.74) is 13.7. The van der Waals surface area contributed by atoms with E-state index < -0.39 is 11.8 Å². The number of rotatable bonds is 5. The maximum absolute atomic E-state index is 10.9. The number of nitrogens with one attached hydrogen (secondary N) is 1. The van der Waals surface area contributed by atoms with Gasteiger partial charge in [0, 0.05) is 11.3 Å². The van der Waals surface area contributed by atoms with Crippen molar-refractivity contribution in [3.8, 4) is 17.7 Å². The number of hydrogen-bond donors (Lipinski definition) is 3. The summed E-state index contributed by atoms with van der Waals surface area (Å²) in [4.78, 5) is 10.9. The molecule has 25 heavy (non-hydrogen) atoms. The molecule has 0 unspecified atom stereocenters. The standard InChI is InChI=1S/C17H17N5O3/c1-2-12-15-14(11(7-18)16(20)25-17(15)22-21-12)9-4-3-5-10(6-9)24-8-13(19)23/h3-6,14H,2,8,20H2,1H3,(H2,19,23)(H,21,22)/t14-/m0/s1. The number of ether oxygens (including phenoxy) is 2. The largest absolute Gasteiger partial charge is 0.484 e. The van der Waals surface area contributed by atoms with Crippen LogP contribution in [0.4, 0.5) is 0 Å². The van der Waals surface area contributed by atoms with E-state index in [0.717, 1.165) is 16.8 Å². The summed E-state index contributed by atoms with van der Waals surface area (Å²) < 4.78 is 10.8. The molecule has 1 aliphatic rings. The SMILES string of the molecule is CCc1[nH]nc2c1[C@@H](c1cccc(OCC(N)=O)c1)C(C#N)=C(N)O2. The molecule has 0 bridgehead atoms. The Morgan fingerprint density at radius 3 is 3.00 bits per heavy atom. The highest BCUT2D eigenvalue weighted by Crippen LogP contribution is 2.43. The van der Waals surface area contributed by atoms with Gasteiger partial charge in [-0.1, -0.05) is 19.1 Å². The number of amides is 1. The number of carbonyl (C=O) groups excluding carboxylic acids is 1. The second-order valence-corrected chi connectivity index (χ2v) is 5.53. The Bertz CT molecular complexity index is 894. The van der Waals surface area contributed by atoms with Crippen LogP contribution in [-0.2, 0) is 11.2 Å². The number of H-pyrrole nitrogens is 1. The van der Waals surface area contributed by atoms with Crippen LogP contribution in [0, 0.1) is 11.3 Å². The molecule has 0 saturated heterocycles. The first-order chi connectivity index (χ1) is 12.0. The first kappa shape index (κ1) is 16.4. The van der Waals surface area contributed by atoms with Gasteiger partial charge in [-0.3, -0.25) is 9.89 Å². The van der Waals surface area contributed by atoms with Gasteiger partial charge in [0.15, 0.2) is 6.61 Å². The Morgan fingerprint density at radius 1 is 1.52 bits per heavy atom. The molecule has 1 atom stereocenters. The molecule has 128 valence electrons. The lowest BCUT2D eigenvalue weighted by molar-refractivity contribution is -0.119. The van der Waals surface area contributed by atoms with Gasteiger partial charge in [0.05, 0.1) is 5.92 Å². The topological polar surface area (TPSA) is 140 Å². The molecule has 5 N–H and O–H groups in total. The summed E-state index contributed by atoms with van der Waals surface area (Å²) in [7, 11) is 0. The summed E-state index contributed by atoms with van der Waals surface area (Å²) >= 11 is 0. The lowest BCUT2D eigenvalue weighted by Gasteiger charge is -2.24. The molecule has 8 nitrogen and oxygen atoms in total. The van der Waals surface area contributed by atoms with Gasteiger partial charge in [-0.2, -0.15) is 5.26 Å². The van der Waals surface area contributed by atoms with Crippen LogP contribution in [0.5, 0.6) is 11.6 Å². The van der Waals surface area contributed by atoms with Crippen LogP contribution in [0.25, 0.3) is 0 Å². The van der Waals surface area contributed by atoms with Crippen molar-refractivity contribution < 1.29 is 14.3 Å². The zero-order valence-electron chi connectivity index (χ0n) is 13.6. The number of nitrogens with zero attached hydrogens (tertiary/aromatic N) is 2. The van der Waals surface area contributed by atoms with Crippen LogP contribution in [0.3, 0.4) is 0 Å². The van der Waals surface area contributed by atoms with Crippen LogP contribution in [-0.4, -0.2) is 22.7 Å². The number of carbonyl (C=O) groups is 1. The monoisotopic (exact) mass is 339 g/mol. The van der Waals surface area contributed by atoms with E-state index in [1.165, 1.54) is 0 Å². The van der Waals surface area contributed by atoms with Gasteiger partial charge in [-0.15, -0.1) is 5.10 Å². The average molecular weight is 339 g/mol. The normalized spacial score (nSPS) is 15.9. The molecule has 1 aromatic carbocycles. The number of primary amides is 1. The third kappa shape index (κ3) is 2.99. The number of hydrogen-bond acceptors (Lipinski definition) is 6. The van der Waals surface area contributed by atoms with Crippen molar-refractivity contribution in [2.75, 3.05) is 6.61 Å². The highest BCUT2D eigenvalue weighted by Gasteiger charge is 2.34. The Kier molecular flexibility index (Phi) is 4.31. The molecule has 0 aliphatic carbocycles. The van der Waals surface area contributed by atoms with E-state index in [2.05, 4.69) is 16.3 Å². The number of aryl methyl sites for hydroxylation is 1. The summed E-state index contributed by atoms with van der Waals surface area (Å²) in [6.07, 6.45) is 0.693. The van der Waals surface area contributed by atoms with Gasteiger partial charge in [-0.05, 0) is 24.1 Å². The summed E-state index contributed by atoms with van der Waals surface area (Å²) in [6, 6.07) is 9.22. The Labute approximate surface area is 144 Å². The van der Waals surface area contributed by atoms with Crippen molar-refractivity contribution in [3.05, 3.63) is 52.5 Å². The zero-order valence-corrected chi connectivity index (χ0v) is 13.6. The van der Waals surface area contributed by atoms with Crippen molar-refractivity contribution in [1.82, 2.24) is 10.2 Å². The summed E-state index contributed by atoms with van der Waals surface area (Å²) in [6.45, 7) is 1.75. The van der Waals surface area contributed by atoms with E-state index in [1.807, 2.05) is 13.0 Å². The van der Waals surface area contributed by atoms with E-state index >= 15 is 0 Å². The van der Waals surface area contributed by atoms with Crippen molar-refractivity contribution in [1.29, 1.82) is 5.26 Å². The third-order valence-corrected chi connectivity index (χ3v) is 3.94. The van der Waals surface area contributed by atoms with E-state index in [9.17, 15) is 10.1 Å². The highest BCUT2D eigenvalue weighted by molar-refractivity contribution is 5.75. The zero-order chi connectivity index (χ0) is 18.0. The lowest BCUT2D eigenvalue weighted by atomic mass is 9.83. The molecule has 2 aromatic rings. The first-order valence-corrected chi connectivity index (χ1v) is 7.70. The van der Waals surface area contributed by atoms with Crippen molar-refractivity contribution >= 4 is 5.91 Å². The van der Waals surface area contributed by atoms with E-state index in [-0.39, 0.29) is 12.5 Å². The maximum atomic E-state index is 10.9. The summed E-state index contributed by atoms with van der Waals surface area (Å²) in [5.74, 6) is -0.135. The predicted molar refractivity (Wildman–Crippen MR) is 88.4 cm³/mol. The van der Waals surface area contributed by atoms with Gasteiger partial charge in [0.25, 0.3) is 5.91 Å². The molecule has 2 heterocycles. The Hall–Kier alpha value is -3.47. The molecule has 1 amide bonds. The lowest BCUT2D eigenvalue weighted by Crippen LogP contribution is -2.22. The molecule has 1 aromatic heterocycles. The fourth-order valence-electron chi connectivity index (χ4n) is 2.85. The van der Waals surface area contributed by atoms with Crippen LogP contribution >= 0.6 is 0 Å². The quantitative estimate of drug-likeness (QED) is 0.744. The molecule has 3 rings (SSSR count). The highest BCUT2D eigenvalue weighted by atomic mass is 16.5. The molecule has 0 saturated carbocycles. The number of nitrogens with two attached hydrogens (primary N) is 2. The maximum Gasteiger partial charge on any atom is 0.255 e. The van der Waals surface area contributed by atoms with Crippen molar-refractivity contribution in [2.45, 2.75) is 19.3 Å². The third-order valence-electron chi connectivity index (χ3n) is 3.94. The minimum absolute atomic E-state index is 0.0256. The van der Waals surface area contributed by atoms with Gasteiger partial charge >= 0.3 is 0 Å². The van der Waals surface area contributed by atoms with Crippen molar-refractivity contribution in [2.24, 2.45) is 11.5 Å². The minimum atomic E-state index is -0.566. The number of aromatic amines is 1. The van der Waals surface area contributed by atoms with Gasteiger partial charge in [-0.25, -0.2) is 0 Å². The van der Waals surface area contributed by atoms with Crippen LogP contribution in [0.2, 0.25) is 0 Å². The molecule has 1 aliphatic heterocycles. The summed E-state index contributed by atoms with van der Waals surface area (Å²) in [5, 5.41) is 16.6. The van der Waals surface area contributed by atoms with E-state index in [1.54, 1.807) is 18.2 Å². The number of benzene rings is 1. The average Bonchev–Trinajstić information content (AvgIpc) is 3.01. The van der Waals surface area contributed by atoms with Crippen molar-refractivity contribution in [3.63, 3.8) is 0 Å². The van der Waals surface area contributed by atoms with E-state index in [4.69, 9.17) is 20.9 Å². The number of nitriles is 1. The van der Waals surface area contributed by atoms with Gasteiger partial charge in [0.2, 0.25) is 11.8 Å². The second kappa shape index (κ2) is 6.57. The van der Waals surface area contributed by atoms with Crippen LogP contribution in [0.15, 0.2) is 35.7 Å². The van der Waals surface area contributed by atoms with Gasteiger partial charge < -0.3 is 20.9 Å². The number of fused-ring (bicyclic) bond motifs is 1. The fraction of sp³-hybridized carbons (Fsp3) is 0.235. The number of allylic oxidation sites excluding steroid dienone is 1. The molecule has 0 fully saturated rings. The number of aromatic nitrogens is 2. The molecule has 0 spiro atoms. The molecule has 0 radical (unpaired) electrons. The van der Waals surface area contributed by atoms with Crippen LogP contribution < -0.4 is 20.9 Å². The fourth-order valence-corrected chi connectivity index (χ4v) is 2.85. The molecular weight excluding hydrogens is 322 g/mol. The molecular formula is C17H17N5O3. The Balaban J connectivity index is 2.08. The molecule has 8 heteroatoms. The van der Waals surface area contributed by atoms with E-state index in [0.29, 0.717) is 23.6 Å². The second-order valence-electron chi connectivity index (χ2n) is 5.53. The smallest absolute Gasteiger partial charge is 0.255 e.